The predicted octanol–water partition coefficient (Wildman–Crippen LogP) is 4.33. The second-order valence-corrected chi connectivity index (χ2v) is 5.96. The fraction of sp³-hybridized carbons (Fsp3) is 0. The molecule has 2 rings (SSSR count). The molecule has 0 aliphatic carbocycles. The molecule has 6 heteroatoms. The molecule has 0 bridgehead atoms. The molecule has 3 nitrogen and oxygen atoms in total. The quantitative estimate of drug-likeness (QED) is 0.574. The van der Waals surface area contributed by atoms with E-state index in [1.807, 2.05) is 6.07 Å². The van der Waals surface area contributed by atoms with Crippen molar-refractivity contribution in [1.29, 1.82) is 0 Å². The van der Waals surface area contributed by atoms with Crippen molar-refractivity contribution in [1.82, 2.24) is 0 Å². The number of nitro groups is 1. The van der Waals surface area contributed by atoms with Crippen LogP contribution in [0.15, 0.2) is 26.5 Å². The Morgan fingerprint density at radius 1 is 1.29 bits per heavy atom. The van der Waals surface area contributed by atoms with Crippen molar-refractivity contribution in [3.63, 3.8) is 0 Å². The minimum atomic E-state index is -0.391. The summed E-state index contributed by atoms with van der Waals surface area (Å²) < 4.78 is 2.62. The lowest BCUT2D eigenvalue weighted by Crippen LogP contribution is -1.86. The van der Waals surface area contributed by atoms with Crippen LogP contribution in [0.3, 0.4) is 0 Å². The normalized spacial score (nSPS) is 10.7. The largest absolute Gasteiger partial charge is 0.272 e. The summed E-state index contributed by atoms with van der Waals surface area (Å²) >= 11 is 8.14. The molecule has 0 atom stereocenters. The molecule has 0 fully saturated rings. The third-order valence-corrected chi connectivity index (χ3v) is 3.99. The fourth-order valence-electron chi connectivity index (χ4n) is 1.16. The molecule has 72 valence electrons. The maximum atomic E-state index is 10.6. The van der Waals surface area contributed by atoms with Crippen LogP contribution in [0.25, 0.3) is 10.1 Å². The molecule has 0 aliphatic rings. The highest BCUT2D eigenvalue weighted by Crippen LogP contribution is 2.37. The molecule has 2 aromatic rings. The SMILES string of the molecule is O=[N+]([O-])c1cc(Br)c2cc(Br)sc2c1. The van der Waals surface area contributed by atoms with Crippen LogP contribution in [0.2, 0.25) is 0 Å². The summed E-state index contributed by atoms with van der Waals surface area (Å²) in [4.78, 5) is 10.2. The number of thiophene rings is 1. The summed E-state index contributed by atoms with van der Waals surface area (Å²) in [7, 11) is 0. The first-order valence-corrected chi connectivity index (χ1v) is 6.01. The van der Waals surface area contributed by atoms with Crippen molar-refractivity contribution in [3.05, 3.63) is 36.6 Å². The molecule has 0 saturated carbocycles. The Kier molecular flexibility index (Phi) is 2.59. The van der Waals surface area contributed by atoms with Gasteiger partial charge in [0.1, 0.15) is 0 Å². The predicted molar refractivity (Wildman–Crippen MR) is 63.9 cm³/mol. The molecule has 0 radical (unpaired) electrons. The van der Waals surface area contributed by atoms with Gasteiger partial charge in [-0.25, -0.2) is 0 Å². The smallest absolute Gasteiger partial charge is 0.258 e. The second kappa shape index (κ2) is 3.60. The highest BCUT2D eigenvalue weighted by Gasteiger charge is 2.11. The molecule has 0 N–H and O–H groups in total. The van der Waals surface area contributed by atoms with E-state index >= 15 is 0 Å². The number of benzene rings is 1. The van der Waals surface area contributed by atoms with Gasteiger partial charge < -0.3 is 0 Å². The molecule has 0 unspecified atom stereocenters. The first-order valence-electron chi connectivity index (χ1n) is 3.61. The van der Waals surface area contributed by atoms with E-state index in [2.05, 4.69) is 31.9 Å². The van der Waals surface area contributed by atoms with Crippen LogP contribution in [0, 0.1) is 10.1 Å². The Morgan fingerprint density at radius 2 is 2.00 bits per heavy atom. The number of nitrogens with zero attached hydrogens (tertiary/aromatic N) is 1. The van der Waals surface area contributed by atoms with Crippen LogP contribution in [-0.4, -0.2) is 4.92 Å². The number of hydrogen-bond acceptors (Lipinski definition) is 3. The molecule has 1 aromatic carbocycles. The lowest BCUT2D eigenvalue weighted by Gasteiger charge is -1.94. The molecule has 1 aromatic heterocycles. The Bertz CT molecular complexity index is 523. The third kappa shape index (κ3) is 1.69. The van der Waals surface area contributed by atoms with E-state index < -0.39 is 4.92 Å². The zero-order valence-electron chi connectivity index (χ0n) is 6.66. The van der Waals surface area contributed by atoms with E-state index in [4.69, 9.17) is 0 Å². The number of hydrogen-bond donors (Lipinski definition) is 0. The summed E-state index contributed by atoms with van der Waals surface area (Å²) in [6.45, 7) is 0. The lowest BCUT2D eigenvalue weighted by atomic mass is 10.2. The molecular weight excluding hydrogens is 334 g/mol. The standard InChI is InChI=1S/C8H3Br2NO2S/c9-6-1-4(11(12)13)2-7-5(6)3-8(10)14-7/h1-3H. The van der Waals surface area contributed by atoms with Crippen LogP contribution in [0.4, 0.5) is 5.69 Å². The topological polar surface area (TPSA) is 43.1 Å². The van der Waals surface area contributed by atoms with Crippen molar-refractivity contribution < 1.29 is 4.92 Å². The van der Waals surface area contributed by atoms with Gasteiger partial charge in [-0.15, -0.1) is 11.3 Å². The average Bonchev–Trinajstić information content (AvgIpc) is 2.45. The maximum absolute atomic E-state index is 10.6. The van der Waals surface area contributed by atoms with Gasteiger partial charge >= 0.3 is 0 Å². The summed E-state index contributed by atoms with van der Waals surface area (Å²) in [5.74, 6) is 0. The lowest BCUT2D eigenvalue weighted by molar-refractivity contribution is -0.384. The minimum absolute atomic E-state index is 0.110. The third-order valence-electron chi connectivity index (χ3n) is 1.75. The monoisotopic (exact) mass is 335 g/mol. The first kappa shape index (κ1) is 10.1. The van der Waals surface area contributed by atoms with Crippen molar-refractivity contribution >= 4 is 59.0 Å². The molecule has 1 heterocycles. The average molecular weight is 337 g/mol. The van der Waals surface area contributed by atoms with Crippen molar-refractivity contribution in [2.75, 3.05) is 0 Å². The Hall–Kier alpha value is -0.460. The van der Waals surface area contributed by atoms with E-state index in [0.717, 1.165) is 18.3 Å². The molecule has 0 amide bonds. The van der Waals surface area contributed by atoms with Crippen molar-refractivity contribution in [2.45, 2.75) is 0 Å². The van der Waals surface area contributed by atoms with Gasteiger partial charge in [0.15, 0.2) is 0 Å². The molecule has 0 saturated heterocycles. The van der Waals surface area contributed by atoms with Gasteiger partial charge in [-0.3, -0.25) is 10.1 Å². The number of halogens is 2. The van der Waals surface area contributed by atoms with Crippen molar-refractivity contribution in [3.8, 4) is 0 Å². The van der Waals surface area contributed by atoms with Gasteiger partial charge in [0.05, 0.1) is 8.71 Å². The molecule has 0 spiro atoms. The summed E-state index contributed by atoms with van der Waals surface area (Å²) in [5, 5.41) is 11.6. The van der Waals surface area contributed by atoms with Gasteiger partial charge in [-0.2, -0.15) is 0 Å². The zero-order valence-corrected chi connectivity index (χ0v) is 10.6. The van der Waals surface area contributed by atoms with Crippen LogP contribution < -0.4 is 0 Å². The zero-order chi connectivity index (χ0) is 10.3. The highest BCUT2D eigenvalue weighted by atomic mass is 79.9. The number of non-ortho nitro benzene ring substituents is 1. The van der Waals surface area contributed by atoms with Gasteiger partial charge in [-0.05, 0) is 37.9 Å². The van der Waals surface area contributed by atoms with E-state index in [1.54, 1.807) is 6.07 Å². The molecule has 0 aliphatic heterocycles. The van der Waals surface area contributed by atoms with Gasteiger partial charge in [0, 0.05) is 26.7 Å². The first-order chi connectivity index (χ1) is 6.58. The van der Waals surface area contributed by atoms with E-state index in [-0.39, 0.29) is 5.69 Å². The van der Waals surface area contributed by atoms with E-state index in [9.17, 15) is 10.1 Å². The van der Waals surface area contributed by atoms with E-state index in [0.29, 0.717) is 0 Å². The fourth-order valence-corrected chi connectivity index (χ4v) is 3.45. The maximum Gasteiger partial charge on any atom is 0.272 e. The second-order valence-electron chi connectivity index (χ2n) is 2.65. The summed E-state index contributed by atoms with van der Waals surface area (Å²) in [6, 6.07) is 5.03. The molecular formula is C8H3Br2NO2S. The number of nitro benzene ring substituents is 1. The molecule has 14 heavy (non-hydrogen) atoms. The Morgan fingerprint density at radius 3 is 2.64 bits per heavy atom. The van der Waals surface area contributed by atoms with Crippen LogP contribution in [0.1, 0.15) is 0 Å². The van der Waals surface area contributed by atoms with Crippen LogP contribution in [-0.2, 0) is 0 Å². The Labute approximate surface area is 100 Å². The minimum Gasteiger partial charge on any atom is -0.258 e. The van der Waals surface area contributed by atoms with Gasteiger partial charge in [0.25, 0.3) is 5.69 Å². The summed E-state index contributed by atoms with van der Waals surface area (Å²) in [6.07, 6.45) is 0. The van der Waals surface area contributed by atoms with Gasteiger partial charge in [0.2, 0.25) is 0 Å². The highest BCUT2D eigenvalue weighted by molar-refractivity contribution is 9.11. The van der Waals surface area contributed by atoms with E-state index in [1.165, 1.54) is 17.4 Å². The van der Waals surface area contributed by atoms with Crippen LogP contribution >= 0.6 is 43.2 Å². The number of fused-ring (bicyclic) bond motifs is 1. The van der Waals surface area contributed by atoms with Gasteiger partial charge in [-0.1, -0.05) is 0 Å². The Balaban J connectivity index is 2.77. The summed E-state index contributed by atoms with van der Waals surface area (Å²) in [5.41, 5.74) is 0.110. The van der Waals surface area contributed by atoms with Crippen LogP contribution in [0.5, 0.6) is 0 Å². The number of rotatable bonds is 1. The van der Waals surface area contributed by atoms with Crippen molar-refractivity contribution in [2.24, 2.45) is 0 Å².